The summed E-state index contributed by atoms with van der Waals surface area (Å²) in [5, 5.41) is 24.2. The van der Waals surface area contributed by atoms with Gasteiger partial charge in [-0.25, -0.2) is 9.96 Å². The second-order valence-corrected chi connectivity index (χ2v) is 8.37. The number of imide groups is 1. The molecular weight excluding hydrogens is 480 g/mol. The lowest BCUT2D eigenvalue weighted by molar-refractivity contribution is -0.385. The monoisotopic (exact) mass is 494 g/mol. The van der Waals surface area contributed by atoms with Crippen molar-refractivity contribution >= 4 is 46.2 Å². The van der Waals surface area contributed by atoms with Crippen LogP contribution in [0, 0.1) is 26.1 Å². The predicted molar refractivity (Wildman–Crippen MR) is 124 cm³/mol. The standard InChI is InChI=1S/C23H15ClN4O7/c24-14-6-10-15(11-7-14)26-20(13-4-8-16(9-5-13)27(31)32)19-21(35-26)23(30)25(22(19)29)17-2-1-3-18(12-17)28(33)34/h1-12,19-21H/t19-,20-,21+/m0/s1. The van der Waals surface area contributed by atoms with Crippen molar-refractivity contribution in [1.29, 1.82) is 0 Å². The highest BCUT2D eigenvalue weighted by Gasteiger charge is 2.60. The molecule has 2 heterocycles. The summed E-state index contributed by atoms with van der Waals surface area (Å²) in [7, 11) is 0. The van der Waals surface area contributed by atoms with Crippen molar-refractivity contribution in [2.75, 3.05) is 9.96 Å². The SMILES string of the molecule is O=C1[C@@H]2[C@@H](ON(c3ccc(Cl)cc3)[C@H]2c2ccc([N+](=O)[O-])cc2)C(=O)N1c1cccc([N+](=O)[O-])c1. The normalized spacial score (nSPS) is 21.3. The number of amides is 2. The van der Waals surface area contributed by atoms with Crippen LogP contribution in [0.3, 0.4) is 0 Å². The zero-order valence-electron chi connectivity index (χ0n) is 17.7. The van der Waals surface area contributed by atoms with Crippen LogP contribution in [0.5, 0.6) is 0 Å². The van der Waals surface area contributed by atoms with E-state index in [1.807, 2.05) is 0 Å². The highest BCUT2D eigenvalue weighted by molar-refractivity contribution is 6.30. The molecule has 0 N–H and O–H groups in total. The van der Waals surface area contributed by atoms with Gasteiger partial charge in [0.05, 0.1) is 27.3 Å². The average Bonchev–Trinajstić information content (AvgIpc) is 3.35. The third-order valence-corrected chi connectivity index (χ3v) is 6.19. The van der Waals surface area contributed by atoms with Gasteiger partial charge in [-0.1, -0.05) is 29.8 Å². The van der Waals surface area contributed by atoms with E-state index in [4.69, 9.17) is 16.4 Å². The van der Waals surface area contributed by atoms with Gasteiger partial charge in [-0.05, 0) is 35.9 Å². The van der Waals surface area contributed by atoms with Gasteiger partial charge in [0.1, 0.15) is 5.92 Å². The summed E-state index contributed by atoms with van der Waals surface area (Å²) in [6, 6.07) is 16.6. The largest absolute Gasteiger partial charge is 0.273 e. The third kappa shape index (κ3) is 3.76. The quantitative estimate of drug-likeness (QED) is 0.292. The summed E-state index contributed by atoms with van der Waals surface area (Å²) >= 11 is 6.00. The predicted octanol–water partition coefficient (Wildman–Crippen LogP) is 4.21. The van der Waals surface area contributed by atoms with E-state index in [1.54, 1.807) is 24.3 Å². The molecule has 0 unspecified atom stereocenters. The molecule has 2 amide bonds. The van der Waals surface area contributed by atoms with Crippen molar-refractivity contribution in [2.45, 2.75) is 12.1 Å². The van der Waals surface area contributed by atoms with Gasteiger partial charge in [-0.2, -0.15) is 0 Å². The molecule has 2 aliphatic heterocycles. The van der Waals surface area contributed by atoms with E-state index in [2.05, 4.69) is 0 Å². The lowest BCUT2D eigenvalue weighted by Crippen LogP contribution is -2.37. The van der Waals surface area contributed by atoms with Crippen molar-refractivity contribution in [3.05, 3.63) is 104 Å². The molecule has 11 nitrogen and oxygen atoms in total. The molecule has 0 radical (unpaired) electrons. The maximum atomic E-state index is 13.6. The molecule has 12 heteroatoms. The minimum atomic E-state index is -1.20. The molecule has 3 aromatic carbocycles. The number of carbonyl (C=O) groups is 2. The number of hydrogen-bond acceptors (Lipinski definition) is 8. The van der Waals surface area contributed by atoms with E-state index in [9.17, 15) is 29.8 Å². The third-order valence-electron chi connectivity index (χ3n) is 5.94. The summed E-state index contributed by atoms with van der Waals surface area (Å²) in [6.07, 6.45) is -1.20. The second-order valence-electron chi connectivity index (χ2n) is 7.94. The van der Waals surface area contributed by atoms with Gasteiger partial charge < -0.3 is 0 Å². The minimum absolute atomic E-state index is 0.0627. The molecule has 3 aromatic rings. The van der Waals surface area contributed by atoms with Crippen LogP contribution in [0.1, 0.15) is 11.6 Å². The van der Waals surface area contributed by atoms with E-state index in [-0.39, 0.29) is 17.1 Å². The van der Waals surface area contributed by atoms with Gasteiger partial charge in [0.2, 0.25) is 5.91 Å². The molecule has 2 fully saturated rings. The molecule has 2 saturated heterocycles. The summed E-state index contributed by atoms with van der Waals surface area (Å²) in [6.45, 7) is 0. The Hall–Kier alpha value is -4.35. The van der Waals surface area contributed by atoms with Gasteiger partial charge in [0, 0.05) is 29.3 Å². The zero-order chi connectivity index (χ0) is 24.9. The van der Waals surface area contributed by atoms with Gasteiger partial charge in [0.15, 0.2) is 6.10 Å². The van der Waals surface area contributed by atoms with E-state index < -0.39 is 39.7 Å². The van der Waals surface area contributed by atoms with Crippen molar-refractivity contribution in [3.63, 3.8) is 0 Å². The lowest BCUT2D eigenvalue weighted by Gasteiger charge is -2.28. The van der Waals surface area contributed by atoms with Crippen molar-refractivity contribution in [1.82, 2.24) is 0 Å². The fourth-order valence-corrected chi connectivity index (χ4v) is 4.48. The lowest BCUT2D eigenvalue weighted by atomic mass is 9.90. The first-order chi connectivity index (χ1) is 16.8. The first-order valence-corrected chi connectivity index (χ1v) is 10.7. The van der Waals surface area contributed by atoms with Crippen molar-refractivity contribution in [3.8, 4) is 0 Å². The van der Waals surface area contributed by atoms with Gasteiger partial charge in [0.25, 0.3) is 17.3 Å². The van der Waals surface area contributed by atoms with E-state index in [1.165, 1.54) is 47.5 Å². The number of hydroxylamine groups is 1. The van der Waals surface area contributed by atoms with Gasteiger partial charge in [-0.15, -0.1) is 0 Å². The maximum absolute atomic E-state index is 13.6. The number of rotatable bonds is 5. The van der Waals surface area contributed by atoms with Crippen LogP contribution >= 0.6 is 11.6 Å². The number of nitro benzene ring substituents is 2. The van der Waals surface area contributed by atoms with Crippen LogP contribution in [-0.4, -0.2) is 27.8 Å². The van der Waals surface area contributed by atoms with Crippen LogP contribution < -0.4 is 9.96 Å². The molecule has 0 aromatic heterocycles. The summed E-state index contributed by atoms with van der Waals surface area (Å²) < 4.78 is 0. The van der Waals surface area contributed by atoms with Crippen molar-refractivity contribution in [2.24, 2.45) is 5.92 Å². The smallest absolute Gasteiger partial charge is 0.271 e. The van der Waals surface area contributed by atoms with E-state index in [0.717, 1.165) is 11.0 Å². The fraction of sp³-hybridized carbons (Fsp3) is 0.130. The molecular formula is C23H15ClN4O7. The van der Waals surface area contributed by atoms with Crippen LogP contribution in [0.15, 0.2) is 72.8 Å². The molecule has 0 bridgehead atoms. The minimum Gasteiger partial charge on any atom is -0.273 e. The van der Waals surface area contributed by atoms with E-state index >= 15 is 0 Å². The Balaban J connectivity index is 1.57. The second kappa shape index (κ2) is 8.46. The Bertz CT molecular complexity index is 1360. The molecule has 5 rings (SSSR count). The number of anilines is 2. The summed E-state index contributed by atoms with van der Waals surface area (Å²) in [5.74, 6) is -2.26. The molecule has 35 heavy (non-hydrogen) atoms. The number of nitro groups is 2. The van der Waals surface area contributed by atoms with E-state index in [0.29, 0.717) is 16.3 Å². The first-order valence-electron chi connectivity index (χ1n) is 10.3. The number of fused-ring (bicyclic) bond motifs is 1. The Morgan fingerprint density at radius 1 is 0.800 bits per heavy atom. The number of hydrogen-bond donors (Lipinski definition) is 0. The fourth-order valence-electron chi connectivity index (χ4n) is 4.36. The Labute approximate surface area is 202 Å². The van der Waals surface area contributed by atoms with Crippen LogP contribution in [0.2, 0.25) is 5.02 Å². The Morgan fingerprint density at radius 3 is 2.09 bits per heavy atom. The number of carbonyl (C=O) groups excluding carboxylic acids is 2. The highest BCUT2D eigenvalue weighted by atomic mass is 35.5. The zero-order valence-corrected chi connectivity index (χ0v) is 18.4. The summed E-state index contributed by atoms with van der Waals surface area (Å²) in [4.78, 5) is 54.9. The molecule has 2 aliphatic rings. The Kier molecular flexibility index (Phi) is 5.42. The highest BCUT2D eigenvalue weighted by Crippen LogP contribution is 2.48. The molecule has 176 valence electrons. The topological polar surface area (TPSA) is 136 Å². The number of non-ortho nitro benzene ring substituents is 2. The van der Waals surface area contributed by atoms with Crippen LogP contribution in [-0.2, 0) is 14.4 Å². The van der Waals surface area contributed by atoms with Gasteiger partial charge >= 0.3 is 0 Å². The molecule has 0 spiro atoms. The molecule has 3 atom stereocenters. The van der Waals surface area contributed by atoms with Crippen LogP contribution in [0.4, 0.5) is 22.7 Å². The van der Waals surface area contributed by atoms with Crippen molar-refractivity contribution < 1.29 is 24.3 Å². The number of nitrogens with zero attached hydrogens (tertiary/aromatic N) is 4. The molecule has 0 saturated carbocycles. The Morgan fingerprint density at radius 2 is 1.46 bits per heavy atom. The number of benzene rings is 3. The van der Waals surface area contributed by atoms with Gasteiger partial charge in [-0.3, -0.25) is 34.7 Å². The number of halogens is 1. The molecule has 0 aliphatic carbocycles. The van der Waals surface area contributed by atoms with Crippen LogP contribution in [0.25, 0.3) is 0 Å². The average molecular weight is 495 g/mol. The maximum Gasteiger partial charge on any atom is 0.271 e. The first kappa shape index (κ1) is 22.4. The summed E-state index contributed by atoms with van der Waals surface area (Å²) in [5.41, 5.74) is 0.701.